The van der Waals surface area contributed by atoms with Crippen molar-refractivity contribution in [3.8, 4) is 11.5 Å². The second kappa shape index (κ2) is 8.01. The molecule has 0 N–H and O–H groups in total. The number of carbonyl (C=O) groups excluding carboxylic acids is 1. The summed E-state index contributed by atoms with van der Waals surface area (Å²) in [5, 5.41) is 0. The fourth-order valence-corrected chi connectivity index (χ4v) is 3.21. The topological polar surface area (TPSA) is 51.7 Å². The molecule has 1 fully saturated rings. The molecule has 2 heterocycles. The summed E-state index contributed by atoms with van der Waals surface area (Å²) in [5.74, 6) is 1.80. The predicted molar refractivity (Wildman–Crippen MR) is 95.9 cm³/mol. The Bertz CT molecular complexity index is 718. The summed E-state index contributed by atoms with van der Waals surface area (Å²) in [7, 11) is 1.66. The number of likely N-dealkylation sites (tertiary alicyclic amines) is 1. The molecule has 5 nitrogen and oxygen atoms in total. The Morgan fingerprint density at radius 1 is 1.28 bits per heavy atom. The van der Waals surface area contributed by atoms with Gasteiger partial charge in [-0.05, 0) is 49.1 Å². The second-order valence-corrected chi connectivity index (χ2v) is 6.39. The summed E-state index contributed by atoms with van der Waals surface area (Å²) < 4.78 is 11.3. The van der Waals surface area contributed by atoms with E-state index < -0.39 is 0 Å². The van der Waals surface area contributed by atoms with Crippen molar-refractivity contribution < 1.29 is 14.3 Å². The molecule has 1 saturated heterocycles. The van der Waals surface area contributed by atoms with Crippen molar-refractivity contribution in [3.05, 3.63) is 53.9 Å². The SMILES string of the molecule is COc1ccc(CC(=O)N2CCC[C@@H](Oc3ccncc3)C2)cc1C. The molecular weight excluding hydrogens is 316 g/mol. The molecule has 5 heteroatoms. The Balaban J connectivity index is 1.59. The standard InChI is InChI=1S/C20H24N2O3/c1-15-12-16(5-6-19(15)24-2)13-20(23)22-11-3-4-18(14-22)25-17-7-9-21-10-8-17/h5-10,12,18H,3-4,11,13-14H2,1-2H3/t18-/m1/s1. The van der Waals surface area contributed by atoms with Gasteiger partial charge < -0.3 is 14.4 Å². The minimum Gasteiger partial charge on any atom is -0.496 e. The summed E-state index contributed by atoms with van der Waals surface area (Å²) in [6.45, 7) is 3.42. The summed E-state index contributed by atoms with van der Waals surface area (Å²) in [6, 6.07) is 9.59. The number of hydrogen-bond donors (Lipinski definition) is 0. The van der Waals surface area contributed by atoms with Gasteiger partial charge in [-0.25, -0.2) is 0 Å². The van der Waals surface area contributed by atoms with Crippen LogP contribution in [0.1, 0.15) is 24.0 Å². The van der Waals surface area contributed by atoms with E-state index in [1.165, 1.54) is 0 Å². The smallest absolute Gasteiger partial charge is 0.227 e. The fraction of sp³-hybridized carbons (Fsp3) is 0.400. The van der Waals surface area contributed by atoms with Crippen LogP contribution < -0.4 is 9.47 Å². The van der Waals surface area contributed by atoms with Crippen LogP contribution in [0.4, 0.5) is 0 Å². The van der Waals surface area contributed by atoms with Gasteiger partial charge in [0.25, 0.3) is 0 Å². The van der Waals surface area contributed by atoms with Crippen molar-refractivity contribution >= 4 is 5.91 Å². The molecule has 1 atom stereocenters. The maximum atomic E-state index is 12.7. The summed E-state index contributed by atoms with van der Waals surface area (Å²) in [6.07, 6.45) is 5.81. The number of rotatable bonds is 5. The zero-order chi connectivity index (χ0) is 17.6. The molecule has 1 aromatic carbocycles. The van der Waals surface area contributed by atoms with E-state index in [1.807, 2.05) is 42.2 Å². The van der Waals surface area contributed by atoms with E-state index in [0.29, 0.717) is 13.0 Å². The van der Waals surface area contributed by atoms with Crippen molar-refractivity contribution in [1.29, 1.82) is 0 Å². The van der Waals surface area contributed by atoms with Gasteiger partial charge in [-0.2, -0.15) is 0 Å². The number of methoxy groups -OCH3 is 1. The van der Waals surface area contributed by atoms with Gasteiger partial charge >= 0.3 is 0 Å². The monoisotopic (exact) mass is 340 g/mol. The summed E-state index contributed by atoms with van der Waals surface area (Å²) >= 11 is 0. The minimum absolute atomic E-state index is 0.0395. The second-order valence-electron chi connectivity index (χ2n) is 6.39. The van der Waals surface area contributed by atoms with Crippen LogP contribution in [0, 0.1) is 6.92 Å². The molecule has 0 aliphatic carbocycles. The molecule has 1 aliphatic rings. The van der Waals surface area contributed by atoms with Gasteiger partial charge in [-0.15, -0.1) is 0 Å². The number of aromatic nitrogens is 1. The van der Waals surface area contributed by atoms with Crippen LogP contribution in [-0.4, -0.2) is 42.1 Å². The van der Waals surface area contributed by atoms with E-state index in [2.05, 4.69) is 4.98 Å². The third-order valence-electron chi connectivity index (χ3n) is 4.50. The predicted octanol–water partition coefficient (Wildman–Crippen LogP) is 3.01. The number of benzene rings is 1. The Morgan fingerprint density at radius 2 is 2.08 bits per heavy atom. The van der Waals surface area contributed by atoms with Crippen molar-refractivity contribution in [2.24, 2.45) is 0 Å². The lowest BCUT2D eigenvalue weighted by Gasteiger charge is -2.33. The van der Waals surface area contributed by atoms with Gasteiger partial charge in [0.15, 0.2) is 0 Å². The van der Waals surface area contributed by atoms with Crippen LogP contribution in [0.2, 0.25) is 0 Å². The molecule has 1 aliphatic heterocycles. The van der Waals surface area contributed by atoms with E-state index in [-0.39, 0.29) is 12.0 Å². The van der Waals surface area contributed by atoms with E-state index in [9.17, 15) is 4.79 Å². The number of amides is 1. The average Bonchev–Trinajstić information content (AvgIpc) is 2.63. The lowest BCUT2D eigenvalue weighted by Crippen LogP contribution is -2.45. The quantitative estimate of drug-likeness (QED) is 0.839. The van der Waals surface area contributed by atoms with Crippen LogP contribution in [0.15, 0.2) is 42.7 Å². The molecular formula is C20H24N2O3. The third kappa shape index (κ3) is 4.50. The first-order valence-electron chi connectivity index (χ1n) is 8.63. The van der Waals surface area contributed by atoms with Gasteiger partial charge in [-0.1, -0.05) is 12.1 Å². The Morgan fingerprint density at radius 3 is 2.80 bits per heavy atom. The number of ether oxygens (including phenoxy) is 2. The van der Waals surface area contributed by atoms with Gasteiger partial charge in [-0.3, -0.25) is 9.78 Å². The van der Waals surface area contributed by atoms with Gasteiger partial charge in [0.2, 0.25) is 5.91 Å². The Labute approximate surface area is 148 Å². The minimum atomic E-state index is 0.0395. The maximum absolute atomic E-state index is 12.7. The van der Waals surface area contributed by atoms with Crippen molar-refractivity contribution in [1.82, 2.24) is 9.88 Å². The number of pyridine rings is 1. The molecule has 0 bridgehead atoms. The third-order valence-corrected chi connectivity index (χ3v) is 4.50. The average molecular weight is 340 g/mol. The molecule has 3 rings (SSSR count). The van der Waals surface area contributed by atoms with Crippen LogP contribution in [0.25, 0.3) is 0 Å². The van der Waals surface area contributed by atoms with Gasteiger partial charge in [0.1, 0.15) is 17.6 Å². The first kappa shape index (κ1) is 17.3. The first-order chi connectivity index (χ1) is 12.2. The number of aryl methyl sites for hydroxylation is 1. The summed E-state index contributed by atoms with van der Waals surface area (Å²) in [4.78, 5) is 18.6. The van der Waals surface area contributed by atoms with E-state index >= 15 is 0 Å². The van der Waals surface area contributed by atoms with Crippen molar-refractivity contribution in [3.63, 3.8) is 0 Å². The first-order valence-corrected chi connectivity index (χ1v) is 8.63. The highest BCUT2D eigenvalue weighted by Crippen LogP contribution is 2.21. The number of hydrogen-bond acceptors (Lipinski definition) is 4. The van der Waals surface area contributed by atoms with Crippen molar-refractivity contribution in [2.75, 3.05) is 20.2 Å². The molecule has 25 heavy (non-hydrogen) atoms. The lowest BCUT2D eigenvalue weighted by atomic mass is 10.0. The normalized spacial score (nSPS) is 17.2. The highest BCUT2D eigenvalue weighted by atomic mass is 16.5. The molecule has 0 radical (unpaired) electrons. The molecule has 1 aromatic heterocycles. The van der Waals surface area contributed by atoms with Crippen LogP contribution >= 0.6 is 0 Å². The molecule has 0 saturated carbocycles. The summed E-state index contributed by atoms with van der Waals surface area (Å²) in [5.41, 5.74) is 2.06. The van der Waals surface area contributed by atoms with E-state index in [1.54, 1.807) is 19.5 Å². The van der Waals surface area contributed by atoms with Gasteiger partial charge in [0.05, 0.1) is 20.1 Å². The molecule has 0 spiro atoms. The molecule has 0 unspecified atom stereocenters. The van der Waals surface area contributed by atoms with Crippen LogP contribution in [0.3, 0.4) is 0 Å². The molecule has 2 aromatic rings. The van der Waals surface area contributed by atoms with Gasteiger partial charge in [0, 0.05) is 18.9 Å². The highest BCUT2D eigenvalue weighted by Gasteiger charge is 2.25. The largest absolute Gasteiger partial charge is 0.496 e. The highest BCUT2D eigenvalue weighted by molar-refractivity contribution is 5.79. The zero-order valence-electron chi connectivity index (χ0n) is 14.8. The number of nitrogens with zero attached hydrogens (tertiary/aromatic N) is 2. The van der Waals surface area contributed by atoms with Crippen LogP contribution in [0.5, 0.6) is 11.5 Å². The van der Waals surface area contributed by atoms with Crippen molar-refractivity contribution in [2.45, 2.75) is 32.3 Å². The van der Waals surface area contributed by atoms with E-state index in [0.717, 1.165) is 42.0 Å². The number of piperidine rings is 1. The van der Waals surface area contributed by atoms with E-state index in [4.69, 9.17) is 9.47 Å². The van der Waals surface area contributed by atoms with Crippen LogP contribution in [-0.2, 0) is 11.2 Å². The molecule has 1 amide bonds. The lowest BCUT2D eigenvalue weighted by molar-refractivity contribution is -0.133. The number of carbonyl (C=O) groups is 1. The Hall–Kier alpha value is -2.56. The fourth-order valence-electron chi connectivity index (χ4n) is 3.21. The zero-order valence-corrected chi connectivity index (χ0v) is 14.8. The molecule has 132 valence electrons. The maximum Gasteiger partial charge on any atom is 0.227 e. The Kier molecular flexibility index (Phi) is 5.53.